The molecule has 0 bridgehead atoms. The van der Waals surface area contributed by atoms with Gasteiger partial charge in [-0.1, -0.05) is 13.0 Å². The molecular formula is C14H15F3N4O. The lowest BCUT2D eigenvalue weighted by Crippen LogP contribution is -2.24. The molecule has 2 N–H and O–H groups in total. The van der Waals surface area contributed by atoms with E-state index in [0.717, 1.165) is 6.07 Å². The highest BCUT2D eigenvalue weighted by molar-refractivity contribution is 5.53. The van der Waals surface area contributed by atoms with E-state index in [1.165, 1.54) is 12.3 Å². The zero-order valence-corrected chi connectivity index (χ0v) is 11.8. The van der Waals surface area contributed by atoms with E-state index in [0.29, 0.717) is 6.42 Å². The Kier molecular flexibility index (Phi) is 4.92. The molecule has 2 aromatic rings. The van der Waals surface area contributed by atoms with Crippen molar-refractivity contribution in [3.63, 3.8) is 0 Å². The molecule has 2 rings (SSSR count). The fourth-order valence-corrected chi connectivity index (χ4v) is 1.76. The van der Waals surface area contributed by atoms with Crippen molar-refractivity contribution in [2.24, 2.45) is 0 Å². The van der Waals surface area contributed by atoms with Crippen LogP contribution in [-0.2, 0) is 6.18 Å². The molecule has 2 aromatic heterocycles. The van der Waals surface area contributed by atoms with E-state index in [4.69, 9.17) is 5.11 Å². The van der Waals surface area contributed by atoms with Gasteiger partial charge in [0.15, 0.2) is 11.5 Å². The Balaban J connectivity index is 2.46. The molecule has 0 aliphatic carbocycles. The molecule has 0 saturated carbocycles. The minimum Gasteiger partial charge on any atom is -0.394 e. The lowest BCUT2D eigenvalue weighted by Gasteiger charge is -2.16. The maximum atomic E-state index is 13.0. The van der Waals surface area contributed by atoms with Gasteiger partial charge in [-0.2, -0.15) is 13.2 Å². The maximum Gasteiger partial charge on any atom is 0.433 e. The van der Waals surface area contributed by atoms with Crippen LogP contribution in [0.4, 0.5) is 19.0 Å². The number of aliphatic hydroxyl groups excluding tert-OH is 1. The number of hydrogen-bond donors (Lipinski definition) is 2. The second-order valence-electron chi connectivity index (χ2n) is 4.61. The van der Waals surface area contributed by atoms with Crippen LogP contribution in [0.25, 0.3) is 11.5 Å². The summed E-state index contributed by atoms with van der Waals surface area (Å²) >= 11 is 0. The average Bonchev–Trinajstić information content (AvgIpc) is 2.52. The molecule has 0 aromatic carbocycles. The van der Waals surface area contributed by atoms with Gasteiger partial charge in [0.1, 0.15) is 11.5 Å². The highest BCUT2D eigenvalue weighted by Gasteiger charge is 2.34. The summed E-state index contributed by atoms with van der Waals surface area (Å²) in [6, 6.07) is 5.26. The van der Waals surface area contributed by atoms with Crippen molar-refractivity contribution in [2.75, 3.05) is 11.9 Å². The lowest BCUT2D eigenvalue weighted by atomic mass is 10.2. The summed E-state index contributed by atoms with van der Waals surface area (Å²) in [6.45, 7) is 1.60. The van der Waals surface area contributed by atoms with Crippen LogP contribution in [0, 0.1) is 0 Å². The zero-order valence-electron chi connectivity index (χ0n) is 11.8. The standard InChI is InChI=1S/C14H15F3N4O/c1-2-9(8-22)19-12-7-11(14(15,16)17)20-13(21-12)10-5-3-4-6-18-10/h3-7,9,22H,2,8H2,1H3,(H,19,20,21)/t9-/m0/s1. The smallest absolute Gasteiger partial charge is 0.394 e. The van der Waals surface area contributed by atoms with Crippen LogP contribution >= 0.6 is 0 Å². The van der Waals surface area contributed by atoms with Gasteiger partial charge in [-0.3, -0.25) is 4.98 Å². The predicted octanol–water partition coefficient (Wildman–Crippen LogP) is 2.74. The number of anilines is 1. The number of rotatable bonds is 5. The number of aliphatic hydroxyl groups is 1. The van der Waals surface area contributed by atoms with E-state index in [1.54, 1.807) is 19.1 Å². The number of nitrogens with one attached hydrogen (secondary N) is 1. The van der Waals surface area contributed by atoms with Gasteiger partial charge >= 0.3 is 6.18 Å². The molecule has 0 aliphatic heterocycles. The number of aromatic nitrogens is 3. The van der Waals surface area contributed by atoms with Gasteiger partial charge in [0, 0.05) is 12.3 Å². The van der Waals surface area contributed by atoms with Gasteiger partial charge in [0.25, 0.3) is 0 Å². The Morgan fingerprint density at radius 1 is 1.27 bits per heavy atom. The SMILES string of the molecule is CC[C@@H](CO)Nc1cc(C(F)(F)F)nc(-c2ccccn2)n1. The number of hydrogen-bond acceptors (Lipinski definition) is 5. The molecule has 5 nitrogen and oxygen atoms in total. The molecule has 2 heterocycles. The fraction of sp³-hybridized carbons (Fsp3) is 0.357. The van der Waals surface area contributed by atoms with Gasteiger partial charge in [0.05, 0.1) is 12.6 Å². The molecule has 0 amide bonds. The van der Waals surface area contributed by atoms with Crippen molar-refractivity contribution in [2.45, 2.75) is 25.6 Å². The Labute approximate surface area is 125 Å². The summed E-state index contributed by atoms with van der Waals surface area (Å²) in [5, 5.41) is 11.9. The molecule has 1 atom stereocenters. The third-order valence-electron chi connectivity index (χ3n) is 2.98. The molecule has 0 saturated heterocycles. The Morgan fingerprint density at radius 2 is 2.05 bits per heavy atom. The second kappa shape index (κ2) is 6.69. The molecule has 0 spiro atoms. The molecule has 0 aliphatic rings. The minimum atomic E-state index is -4.59. The van der Waals surface area contributed by atoms with Crippen molar-refractivity contribution in [1.29, 1.82) is 0 Å². The predicted molar refractivity (Wildman–Crippen MR) is 75.1 cm³/mol. The first-order chi connectivity index (χ1) is 10.4. The van der Waals surface area contributed by atoms with E-state index in [-0.39, 0.29) is 30.0 Å². The van der Waals surface area contributed by atoms with Gasteiger partial charge in [-0.15, -0.1) is 0 Å². The lowest BCUT2D eigenvalue weighted by molar-refractivity contribution is -0.141. The molecule has 8 heteroatoms. The fourth-order valence-electron chi connectivity index (χ4n) is 1.76. The van der Waals surface area contributed by atoms with Crippen LogP contribution in [0.1, 0.15) is 19.0 Å². The molecule has 0 fully saturated rings. The summed E-state index contributed by atoms with van der Waals surface area (Å²) in [4.78, 5) is 11.6. The zero-order chi connectivity index (χ0) is 16.2. The van der Waals surface area contributed by atoms with Gasteiger partial charge in [0.2, 0.25) is 0 Å². The average molecular weight is 312 g/mol. The monoisotopic (exact) mass is 312 g/mol. The quantitative estimate of drug-likeness (QED) is 0.888. The number of pyridine rings is 1. The van der Waals surface area contributed by atoms with Crippen LogP contribution in [0.3, 0.4) is 0 Å². The molecule has 0 unspecified atom stereocenters. The van der Waals surface area contributed by atoms with Crippen LogP contribution in [0.15, 0.2) is 30.5 Å². The normalized spacial score (nSPS) is 13.0. The number of nitrogens with zero attached hydrogens (tertiary/aromatic N) is 3. The largest absolute Gasteiger partial charge is 0.433 e. The summed E-state index contributed by atoms with van der Waals surface area (Å²) in [5.74, 6) is -0.116. The van der Waals surface area contributed by atoms with Crippen molar-refractivity contribution in [3.8, 4) is 11.5 Å². The third kappa shape index (κ3) is 3.91. The number of halogens is 3. The van der Waals surface area contributed by atoms with Crippen molar-refractivity contribution >= 4 is 5.82 Å². The van der Waals surface area contributed by atoms with Crippen LogP contribution < -0.4 is 5.32 Å². The van der Waals surface area contributed by atoms with Crippen LogP contribution in [0.5, 0.6) is 0 Å². The highest BCUT2D eigenvalue weighted by Crippen LogP contribution is 2.30. The first kappa shape index (κ1) is 16.2. The molecule has 22 heavy (non-hydrogen) atoms. The Bertz CT molecular complexity index is 615. The summed E-state index contributed by atoms with van der Waals surface area (Å²) < 4.78 is 38.9. The first-order valence-corrected chi connectivity index (χ1v) is 6.69. The van der Waals surface area contributed by atoms with E-state index in [1.807, 2.05) is 0 Å². The van der Waals surface area contributed by atoms with Gasteiger partial charge in [-0.25, -0.2) is 9.97 Å². The summed E-state index contributed by atoms with van der Waals surface area (Å²) in [7, 11) is 0. The van der Waals surface area contributed by atoms with E-state index in [2.05, 4.69) is 20.3 Å². The maximum absolute atomic E-state index is 13.0. The molecule has 0 radical (unpaired) electrons. The van der Waals surface area contributed by atoms with E-state index >= 15 is 0 Å². The topological polar surface area (TPSA) is 70.9 Å². The summed E-state index contributed by atoms with van der Waals surface area (Å²) in [6.07, 6.45) is -2.60. The minimum absolute atomic E-state index is 0.00359. The van der Waals surface area contributed by atoms with E-state index < -0.39 is 11.9 Å². The third-order valence-corrected chi connectivity index (χ3v) is 2.98. The highest BCUT2D eigenvalue weighted by atomic mass is 19.4. The van der Waals surface area contributed by atoms with Crippen LogP contribution in [-0.4, -0.2) is 32.7 Å². The molecule has 118 valence electrons. The second-order valence-corrected chi connectivity index (χ2v) is 4.61. The van der Waals surface area contributed by atoms with E-state index in [9.17, 15) is 13.2 Å². The Morgan fingerprint density at radius 3 is 2.59 bits per heavy atom. The van der Waals surface area contributed by atoms with Gasteiger partial charge < -0.3 is 10.4 Å². The van der Waals surface area contributed by atoms with Crippen molar-refractivity contribution in [3.05, 3.63) is 36.2 Å². The van der Waals surface area contributed by atoms with Crippen LogP contribution in [0.2, 0.25) is 0 Å². The summed E-state index contributed by atoms with van der Waals surface area (Å²) in [5.41, 5.74) is -0.813. The van der Waals surface area contributed by atoms with Gasteiger partial charge in [-0.05, 0) is 18.6 Å². The first-order valence-electron chi connectivity index (χ1n) is 6.69. The Hall–Kier alpha value is -2.22. The van der Waals surface area contributed by atoms with Crippen molar-refractivity contribution < 1.29 is 18.3 Å². The number of alkyl halides is 3. The van der Waals surface area contributed by atoms with Crippen molar-refractivity contribution in [1.82, 2.24) is 15.0 Å². The molecular weight excluding hydrogens is 297 g/mol.